The molecule has 1 radical (unpaired) electrons. The molecule has 1 rings (SSSR count). The van der Waals surface area contributed by atoms with E-state index < -0.39 is 0 Å². The van der Waals surface area contributed by atoms with E-state index in [0.717, 1.165) is 12.8 Å². The SMILES string of the molecule is CCc1c[c]cc(CC)c1CN. The largest absolute Gasteiger partial charge is 0.326 e. The first-order valence-electron chi connectivity index (χ1n) is 4.54. The summed E-state index contributed by atoms with van der Waals surface area (Å²) in [6.45, 7) is 4.96. The second kappa shape index (κ2) is 4.27. The van der Waals surface area contributed by atoms with Crippen LogP contribution in [0.3, 0.4) is 0 Å². The average molecular weight is 162 g/mol. The lowest BCUT2D eigenvalue weighted by molar-refractivity contribution is 0.955. The number of nitrogens with two attached hydrogens (primary N) is 1. The van der Waals surface area contributed by atoms with Crippen molar-refractivity contribution in [3.05, 3.63) is 34.9 Å². The third-order valence-electron chi connectivity index (χ3n) is 2.26. The van der Waals surface area contributed by atoms with Gasteiger partial charge in [-0.2, -0.15) is 0 Å². The molecule has 0 atom stereocenters. The Bertz CT molecular complexity index is 231. The molecule has 0 fully saturated rings. The Morgan fingerprint density at radius 2 is 1.67 bits per heavy atom. The van der Waals surface area contributed by atoms with Crippen molar-refractivity contribution in [1.82, 2.24) is 0 Å². The fourth-order valence-electron chi connectivity index (χ4n) is 1.52. The second-order valence-corrected chi connectivity index (χ2v) is 2.90. The Balaban J connectivity index is 3.13. The summed E-state index contributed by atoms with van der Waals surface area (Å²) in [5.74, 6) is 0. The molecular formula is C11H16N. The van der Waals surface area contributed by atoms with Gasteiger partial charge in [0.15, 0.2) is 0 Å². The maximum atomic E-state index is 5.69. The zero-order valence-electron chi connectivity index (χ0n) is 7.85. The van der Waals surface area contributed by atoms with Crippen molar-refractivity contribution in [3.63, 3.8) is 0 Å². The molecule has 0 saturated heterocycles. The van der Waals surface area contributed by atoms with E-state index in [1.165, 1.54) is 16.7 Å². The Hall–Kier alpha value is -0.820. The Labute approximate surface area is 74.6 Å². The minimum atomic E-state index is 0.654. The van der Waals surface area contributed by atoms with Crippen LogP contribution in [-0.2, 0) is 19.4 Å². The highest BCUT2D eigenvalue weighted by molar-refractivity contribution is 5.34. The molecular weight excluding hydrogens is 146 g/mol. The molecule has 1 nitrogen and oxygen atoms in total. The topological polar surface area (TPSA) is 26.0 Å². The lowest BCUT2D eigenvalue weighted by Crippen LogP contribution is -2.04. The molecule has 0 spiro atoms. The lowest BCUT2D eigenvalue weighted by Gasteiger charge is -2.09. The summed E-state index contributed by atoms with van der Waals surface area (Å²) >= 11 is 0. The highest BCUT2D eigenvalue weighted by Crippen LogP contribution is 2.14. The molecule has 0 aromatic heterocycles. The quantitative estimate of drug-likeness (QED) is 0.723. The predicted octanol–water partition coefficient (Wildman–Crippen LogP) is 2.07. The molecule has 0 unspecified atom stereocenters. The number of aryl methyl sites for hydroxylation is 2. The zero-order chi connectivity index (χ0) is 8.97. The Morgan fingerprint density at radius 3 is 2.00 bits per heavy atom. The fourth-order valence-corrected chi connectivity index (χ4v) is 1.52. The number of hydrogen-bond acceptors (Lipinski definition) is 1. The summed E-state index contributed by atoms with van der Waals surface area (Å²) in [5.41, 5.74) is 9.70. The van der Waals surface area contributed by atoms with Gasteiger partial charge in [-0.25, -0.2) is 0 Å². The average Bonchev–Trinajstić information content (AvgIpc) is 2.16. The van der Waals surface area contributed by atoms with E-state index in [2.05, 4.69) is 19.9 Å². The van der Waals surface area contributed by atoms with Crippen molar-refractivity contribution in [2.75, 3.05) is 0 Å². The van der Waals surface area contributed by atoms with E-state index in [-0.39, 0.29) is 0 Å². The van der Waals surface area contributed by atoms with Crippen LogP contribution in [0, 0.1) is 6.07 Å². The van der Waals surface area contributed by atoms with Crippen LogP contribution in [0.15, 0.2) is 12.1 Å². The molecule has 12 heavy (non-hydrogen) atoms. The molecule has 0 heterocycles. The first-order chi connectivity index (χ1) is 5.83. The van der Waals surface area contributed by atoms with Crippen LogP contribution in [-0.4, -0.2) is 0 Å². The van der Waals surface area contributed by atoms with Crippen molar-refractivity contribution >= 4 is 0 Å². The van der Waals surface area contributed by atoms with Crippen molar-refractivity contribution in [1.29, 1.82) is 0 Å². The van der Waals surface area contributed by atoms with Crippen LogP contribution in [0.4, 0.5) is 0 Å². The number of rotatable bonds is 3. The van der Waals surface area contributed by atoms with E-state index in [0.29, 0.717) is 6.54 Å². The molecule has 0 aliphatic rings. The lowest BCUT2D eigenvalue weighted by atomic mass is 9.98. The summed E-state index contributed by atoms with van der Waals surface area (Å²) < 4.78 is 0. The van der Waals surface area contributed by atoms with E-state index in [1.54, 1.807) is 0 Å². The van der Waals surface area contributed by atoms with Crippen LogP contribution >= 0.6 is 0 Å². The summed E-state index contributed by atoms with van der Waals surface area (Å²) in [5, 5.41) is 0. The predicted molar refractivity (Wildman–Crippen MR) is 51.9 cm³/mol. The van der Waals surface area contributed by atoms with Gasteiger partial charge < -0.3 is 5.73 Å². The van der Waals surface area contributed by atoms with Gasteiger partial charge in [0.25, 0.3) is 0 Å². The van der Waals surface area contributed by atoms with E-state index >= 15 is 0 Å². The summed E-state index contributed by atoms with van der Waals surface area (Å²) in [6.07, 6.45) is 2.10. The van der Waals surface area contributed by atoms with Gasteiger partial charge in [0.2, 0.25) is 0 Å². The maximum absolute atomic E-state index is 5.69. The van der Waals surface area contributed by atoms with Gasteiger partial charge in [0, 0.05) is 6.54 Å². The van der Waals surface area contributed by atoms with Gasteiger partial charge in [0.05, 0.1) is 0 Å². The van der Waals surface area contributed by atoms with Gasteiger partial charge in [0.1, 0.15) is 0 Å². The first-order valence-corrected chi connectivity index (χ1v) is 4.54. The van der Waals surface area contributed by atoms with Crippen molar-refractivity contribution in [2.24, 2.45) is 5.73 Å². The van der Waals surface area contributed by atoms with Crippen LogP contribution in [0.25, 0.3) is 0 Å². The van der Waals surface area contributed by atoms with Crippen LogP contribution in [0.2, 0.25) is 0 Å². The minimum Gasteiger partial charge on any atom is -0.326 e. The molecule has 1 aromatic carbocycles. The molecule has 0 saturated carbocycles. The first kappa shape index (κ1) is 9.27. The number of benzene rings is 1. The number of hydrogen-bond donors (Lipinski definition) is 1. The van der Waals surface area contributed by atoms with Gasteiger partial charge in [-0.05, 0) is 35.6 Å². The van der Waals surface area contributed by atoms with Crippen LogP contribution < -0.4 is 5.73 Å². The normalized spacial score (nSPS) is 10.2. The van der Waals surface area contributed by atoms with Gasteiger partial charge in [-0.3, -0.25) is 0 Å². The molecule has 65 valence electrons. The maximum Gasteiger partial charge on any atom is 0.0183 e. The van der Waals surface area contributed by atoms with Crippen LogP contribution in [0.5, 0.6) is 0 Å². The Morgan fingerprint density at radius 1 is 1.17 bits per heavy atom. The second-order valence-electron chi connectivity index (χ2n) is 2.90. The van der Waals surface area contributed by atoms with E-state index in [9.17, 15) is 0 Å². The monoisotopic (exact) mass is 162 g/mol. The molecule has 1 aromatic rings. The van der Waals surface area contributed by atoms with Crippen LogP contribution in [0.1, 0.15) is 30.5 Å². The molecule has 1 heteroatoms. The molecule has 2 N–H and O–H groups in total. The fraction of sp³-hybridized carbons (Fsp3) is 0.455. The third kappa shape index (κ3) is 1.67. The molecule has 0 bridgehead atoms. The van der Waals surface area contributed by atoms with Crippen molar-refractivity contribution < 1.29 is 0 Å². The molecule has 0 amide bonds. The highest BCUT2D eigenvalue weighted by Gasteiger charge is 2.02. The van der Waals surface area contributed by atoms with Gasteiger partial charge in [-0.1, -0.05) is 26.0 Å². The smallest absolute Gasteiger partial charge is 0.0183 e. The summed E-state index contributed by atoms with van der Waals surface area (Å²) in [7, 11) is 0. The van der Waals surface area contributed by atoms with Gasteiger partial charge >= 0.3 is 0 Å². The molecule has 0 aliphatic heterocycles. The van der Waals surface area contributed by atoms with Gasteiger partial charge in [-0.15, -0.1) is 0 Å². The van der Waals surface area contributed by atoms with E-state index in [4.69, 9.17) is 5.73 Å². The molecule has 0 aliphatic carbocycles. The highest BCUT2D eigenvalue weighted by atomic mass is 14.5. The summed E-state index contributed by atoms with van der Waals surface area (Å²) in [4.78, 5) is 0. The zero-order valence-corrected chi connectivity index (χ0v) is 7.85. The van der Waals surface area contributed by atoms with E-state index in [1.807, 2.05) is 12.1 Å². The van der Waals surface area contributed by atoms with Crippen molar-refractivity contribution in [3.8, 4) is 0 Å². The third-order valence-corrected chi connectivity index (χ3v) is 2.26. The standard InChI is InChI=1S/C11H16N/c1-3-9-6-5-7-10(4-2)11(9)8-12/h6-7H,3-4,8,12H2,1-2H3. The van der Waals surface area contributed by atoms with Crippen molar-refractivity contribution in [2.45, 2.75) is 33.2 Å². The minimum absolute atomic E-state index is 0.654. The Kier molecular flexibility index (Phi) is 3.30. The summed E-state index contributed by atoms with van der Waals surface area (Å²) in [6, 6.07) is 7.24.